The Hall–Kier alpha value is -1.74. The maximum atomic E-state index is 12.0. The lowest BCUT2D eigenvalue weighted by atomic mass is 10.0. The maximum absolute atomic E-state index is 12.0. The third-order valence-electron chi connectivity index (χ3n) is 3.26. The number of hydrogen-bond donors (Lipinski definition) is 0. The fourth-order valence-electron chi connectivity index (χ4n) is 2.66. The zero-order valence-electron chi connectivity index (χ0n) is 15.6. The molecule has 0 spiro atoms. The van der Waals surface area contributed by atoms with E-state index in [1.54, 1.807) is 34.6 Å². The van der Waals surface area contributed by atoms with Crippen LogP contribution in [0.1, 0.15) is 54.4 Å². The van der Waals surface area contributed by atoms with Gasteiger partial charge in [-0.2, -0.15) is 0 Å². The molecule has 0 N–H and O–H groups in total. The summed E-state index contributed by atoms with van der Waals surface area (Å²) in [5.41, 5.74) is -0.622. The Labute approximate surface area is 147 Å². The first-order valence-electron chi connectivity index (χ1n) is 8.14. The number of esters is 2. The standard InChI is InChI=1S/C16H27NO8/c1-10(18)22-13(9-17(20)21)12-7-11(23-16(5,6)24-12)8-14(19)25-15(2,3)4/h11-13H,7-9H2,1-6H3/t11-,12+,13-/m1/s1. The van der Waals surface area contributed by atoms with Crippen molar-refractivity contribution in [2.45, 2.75) is 84.1 Å². The van der Waals surface area contributed by atoms with Crippen molar-refractivity contribution in [3.05, 3.63) is 10.1 Å². The lowest BCUT2D eigenvalue weighted by Gasteiger charge is -2.42. The fourth-order valence-corrected chi connectivity index (χ4v) is 2.66. The first-order chi connectivity index (χ1) is 11.3. The predicted octanol–water partition coefficient (Wildman–Crippen LogP) is 1.84. The average molecular weight is 361 g/mol. The first-order valence-corrected chi connectivity index (χ1v) is 8.14. The maximum Gasteiger partial charge on any atom is 0.308 e. The Morgan fingerprint density at radius 3 is 2.40 bits per heavy atom. The van der Waals surface area contributed by atoms with Crippen molar-refractivity contribution in [2.75, 3.05) is 6.54 Å². The zero-order valence-corrected chi connectivity index (χ0v) is 15.6. The average Bonchev–Trinajstić information content (AvgIpc) is 2.31. The van der Waals surface area contributed by atoms with Gasteiger partial charge in [0.2, 0.25) is 6.54 Å². The van der Waals surface area contributed by atoms with E-state index < -0.39 is 53.1 Å². The smallest absolute Gasteiger partial charge is 0.308 e. The highest BCUT2D eigenvalue weighted by molar-refractivity contribution is 5.70. The molecule has 0 bridgehead atoms. The minimum absolute atomic E-state index is 0.0220. The van der Waals surface area contributed by atoms with E-state index in [1.165, 1.54) is 6.92 Å². The van der Waals surface area contributed by atoms with Crippen molar-refractivity contribution in [2.24, 2.45) is 0 Å². The van der Waals surface area contributed by atoms with E-state index in [0.29, 0.717) is 0 Å². The number of carbonyl (C=O) groups excluding carboxylic acids is 2. The minimum Gasteiger partial charge on any atom is -0.460 e. The summed E-state index contributed by atoms with van der Waals surface area (Å²) >= 11 is 0. The number of rotatable bonds is 6. The summed E-state index contributed by atoms with van der Waals surface area (Å²) in [6.45, 7) is 9.15. The Balaban J connectivity index is 2.84. The van der Waals surface area contributed by atoms with Gasteiger partial charge >= 0.3 is 11.9 Å². The summed E-state index contributed by atoms with van der Waals surface area (Å²) in [7, 11) is 0. The molecule has 1 saturated heterocycles. The van der Waals surface area contributed by atoms with E-state index in [-0.39, 0.29) is 12.8 Å². The summed E-state index contributed by atoms with van der Waals surface area (Å²) in [6, 6.07) is 0. The largest absolute Gasteiger partial charge is 0.460 e. The Morgan fingerprint density at radius 1 is 1.32 bits per heavy atom. The molecule has 0 saturated carbocycles. The van der Waals surface area contributed by atoms with E-state index in [2.05, 4.69) is 0 Å². The van der Waals surface area contributed by atoms with Crippen molar-refractivity contribution < 1.29 is 33.5 Å². The highest BCUT2D eigenvalue weighted by Gasteiger charge is 2.43. The summed E-state index contributed by atoms with van der Waals surface area (Å²) in [5, 5.41) is 10.9. The number of carbonyl (C=O) groups is 2. The number of nitrogens with zero attached hydrogens (tertiary/aromatic N) is 1. The first kappa shape index (κ1) is 21.3. The van der Waals surface area contributed by atoms with Crippen molar-refractivity contribution in [1.82, 2.24) is 0 Å². The lowest BCUT2D eigenvalue weighted by molar-refractivity contribution is -0.495. The van der Waals surface area contributed by atoms with Gasteiger partial charge in [-0.15, -0.1) is 0 Å². The van der Waals surface area contributed by atoms with Crippen LogP contribution in [-0.2, 0) is 28.5 Å². The Bertz CT molecular complexity index is 495. The highest BCUT2D eigenvalue weighted by Crippen LogP contribution is 2.31. The molecular weight excluding hydrogens is 334 g/mol. The van der Waals surface area contributed by atoms with Gasteiger partial charge in [-0.05, 0) is 34.6 Å². The monoisotopic (exact) mass is 361 g/mol. The Morgan fingerprint density at radius 2 is 1.92 bits per heavy atom. The van der Waals surface area contributed by atoms with Gasteiger partial charge in [-0.1, -0.05) is 0 Å². The molecular formula is C16H27NO8. The van der Waals surface area contributed by atoms with Crippen LogP contribution in [0.3, 0.4) is 0 Å². The predicted molar refractivity (Wildman–Crippen MR) is 86.3 cm³/mol. The summed E-state index contributed by atoms with van der Waals surface area (Å²) in [4.78, 5) is 33.6. The van der Waals surface area contributed by atoms with Gasteiger partial charge in [0.15, 0.2) is 11.9 Å². The molecule has 0 aromatic rings. The topological polar surface area (TPSA) is 114 Å². The van der Waals surface area contributed by atoms with Gasteiger partial charge in [-0.25, -0.2) is 0 Å². The summed E-state index contributed by atoms with van der Waals surface area (Å²) < 4.78 is 21.7. The second-order valence-electron chi connectivity index (χ2n) is 7.49. The fraction of sp³-hybridized carbons (Fsp3) is 0.875. The second-order valence-corrected chi connectivity index (χ2v) is 7.49. The molecule has 0 aromatic carbocycles. The molecule has 9 heteroatoms. The van der Waals surface area contributed by atoms with E-state index in [1.807, 2.05) is 0 Å². The van der Waals surface area contributed by atoms with Gasteiger partial charge in [0.05, 0.1) is 12.5 Å². The van der Waals surface area contributed by atoms with E-state index in [4.69, 9.17) is 18.9 Å². The molecule has 9 nitrogen and oxygen atoms in total. The molecule has 1 rings (SSSR count). The van der Waals surface area contributed by atoms with Crippen molar-refractivity contribution in [3.63, 3.8) is 0 Å². The van der Waals surface area contributed by atoms with Crippen LogP contribution in [-0.4, -0.2) is 53.1 Å². The molecule has 144 valence electrons. The van der Waals surface area contributed by atoms with Crippen LogP contribution >= 0.6 is 0 Å². The second kappa shape index (κ2) is 8.09. The van der Waals surface area contributed by atoms with Gasteiger partial charge in [0.25, 0.3) is 0 Å². The quantitative estimate of drug-likeness (QED) is 0.400. The number of nitro groups is 1. The van der Waals surface area contributed by atoms with Gasteiger partial charge in [0.1, 0.15) is 11.7 Å². The SMILES string of the molecule is CC(=O)O[C@H](C[N+](=O)[O-])[C@@H]1C[C@H](CC(=O)OC(C)(C)C)OC(C)(C)O1. The zero-order chi connectivity index (χ0) is 19.4. The molecule has 0 amide bonds. The number of hydrogen-bond acceptors (Lipinski definition) is 8. The molecule has 0 unspecified atom stereocenters. The van der Waals surface area contributed by atoms with Gasteiger partial charge in [0, 0.05) is 18.3 Å². The van der Waals surface area contributed by atoms with Crippen molar-refractivity contribution >= 4 is 11.9 Å². The molecule has 25 heavy (non-hydrogen) atoms. The van der Waals surface area contributed by atoms with Crippen LogP contribution in [0.15, 0.2) is 0 Å². The van der Waals surface area contributed by atoms with Crippen LogP contribution < -0.4 is 0 Å². The molecule has 1 heterocycles. The van der Waals surface area contributed by atoms with Crippen molar-refractivity contribution in [1.29, 1.82) is 0 Å². The van der Waals surface area contributed by atoms with Crippen LogP contribution in [0, 0.1) is 10.1 Å². The molecule has 1 fully saturated rings. The number of ether oxygens (including phenoxy) is 4. The molecule has 1 aliphatic heterocycles. The van der Waals surface area contributed by atoms with Gasteiger partial charge in [-0.3, -0.25) is 19.7 Å². The molecule has 1 aliphatic rings. The third kappa shape index (κ3) is 8.26. The van der Waals surface area contributed by atoms with E-state index in [0.717, 1.165) is 0 Å². The Kier molecular flexibility index (Phi) is 6.90. The third-order valence-corrected chi connectivity index (χ3v) is 3.26. The van der Waals surface area contributed by atoms with Crippen LogP contribution in [0.4, 0.5) is 0 Å². The van der Waals surface area contributed by atoms with Crippen LogP contribution in [0.2, 0.25) is 0 Å². The molecule has 0 aliphatic carbocycles. The van der Waals surface area contributed by atoms with Gasteiger partial charge < -0.3 is 18.9 Å². The summed E-state index contributed by atoms with van der Waals surface area (Å²) in [5.74, 6) is -2.15. The molecule has 0 radical (unpaired) electrons. The van der Waals surface area contributed by atoms with E-state index in [9.17, 15) is 19.7 Å². The van der Waals surface area contributed by atoms with Crippen molar-refractivity contribution in [3.8, 4) is 0 Å². The normalized spacial score (nSPS) is 24.2. The van der Waals surface area contributed by atoms with Crippen LogP contribution in [0.25, 0.3) is 0 Å². The highest BCUT2D eigenvalue weighted by atomic mass is 16.7. The van der Waals surface area contributed by atoms with E-state index >= 15 is 0 Å². The minimum atomic E-state index is -1.08. The lowest BCUT2D eigenvalue weighted by Crippen LogP contribution is -2.52. The molecule has 0 aromatic heterocycles. The summed E-state index contributed by atoms with van der Waals surface area (Å²) in [6.07, 6.45) is -2.23. The molecule has 3 atom stereocenters. The van der Waals surface area contributed by atoms with Crippen LogP contribution in [0.5, 0.6) is 0 Å².